The molecule has 88 valence electrons. The van der Waals surface area contributed by atoms with Gasteiger partial charge >= 0.3 is 0 Å². The zero-order chi connectivity index (χ0) is 10.8. The molecule has 0 amide bonds. The van der Waals surface area contributed by atoms with E-state index in [0.29, 0.717) is 5.38 Å². The monoisotopic (exact) mass is 228 g/mol. The van der Waals surface area contributed by atoms with Crippen molar-refractivity contribution in [3.63, 3.8) is 0 Å². The Labute approximate surface area is 99.8 Å². The molecule has 2 saturated carbocycles. The van der Waals surface area contributed by atoms with Gasteiger partial charge in [0.15, 0.2) is 0 Å². The van der Waals surface area contributed by atoms with Crippen LogP contribution in [-0.2, 0) is 0 Å². The number of alkyl halides is 1. The largest absolute Gasteiger partial charge is 0.123 e. The molecule has 0 nitrogen and oxygen atoms in total. The first-order valence-electron chi connectivity index (χ1n) is 6.81. The Bertz CT molecular complexity index is 202. The quantitative estimate of drug-likeness (QED) is 0.563. The Balaban J connectivity index is 1.87. The van der Waals surface area contributed by atoms with Crippen molar-refractivity contribution >= 4 is 11.6 Å². The van der Waals surface area contributed by atoms with E-state index >= 15 is 0 Å². The molecule has 0 aromatic heterocycles. The summed E-state index contributed by atoms with van der Waals surface area (Å²) in [7, 11) is 0. The molecule has 0 radical (unpaired) electrons. The molecule has 0 saturated heterocycles. The van der Waals surface area contributed by atoms with Crippen LogP contribution in [-0.4, -0.2) is 5.38 Å². The lowest BCUT2D eigenvalue weighted by Gasteiger charge is -2.39. The molecule has 5 unspecified atom stereocenters. The normalized spacial score (nSPS) is 47.8. The Hall–Kier alpha value is 0.290. The van der Waals surface area contributed by atoms with Gasteiger partial charge in [-0.2, -0.15) is 0 Å². The van der Waals surface area contributed by atoms with Crippen molar-refractivity contribution in [2.24, 2.45) is 23.7 Å². The Morgan fingerprint density at radius 3 is 2.20 bits per heavy atom. The number of hydrogen-bond donors (Lipinski definition) is 0. The van der Waals surface area contributed by atoms with Crippen LogP contribution in [0.5, 0.6) is 0 Å². The summed E-state index contributed by atoms with van der Waals surface area (Å²) in [6, 6.07) is 0. The summed E-state index contributed by atoms with van der Waals surface area (Å²) < 4.78 is 0. The molecular formula is C14H25Cl. The van der Waals surface area contributed by atoms with Crippen LogP contribution in [0.15, 0.2) is 0 Å². The number of rotatable bonds is 1. The molecule has 1 heteroatoms. The third-order valence-corrected chi connectivity index (χ3v) is 5.35. The van der Waals surface area contributed by atoms with E-state index in [0.717, 1.165) is 23.7 Å². The lowest BCUT2D eigenvalue weighted by Crippen LogP contribution is -2.29. The van der Waals surface area contributed by atoms with E-state index in [4.69, 9.17) is 11.6 Å². The van der Waals surface area contributed by atoms with E-state index in [1.54, 1.807) is 0 Å². The Kier molecular flexibility index (Phi) is 3.98. The summed E-state index contributed by atoms with van der Waals surface area (Å²) in [5.74, 6) is 3.85. The second-order valence-electron chi connectivity index (χ2n) is 6.05. The van der Waals surface area contributed by atoms with Crippen molar-refractivity contribution in [3.05, 3.63) is 0 Å². The van der Waals surface area contributed by atoms with Gasteiger partial charge in [-0.3, -0.25) is 0 Å². The standard InChI is InChI=1S/C14H25Cl/c1-10-6-7-13(8-11(10)2)12-4-3-5-14(15)9-12/h10-14H,3-9H2,1-2H3. The van der Waals surface area contributed by atoms with Crippen molar-refractivity contribution in [1.29, 1.82) is 0 Å². The van der Waals surface area contributed by atoms with Crippen molar-refractivity contribution in [1.82, 2.24) is 0 Å². The van der Waals surface area contributed by atoms with E-state index in [1.165, 1.54) is 44.9 Å². The topological polar surface area (TPSA) is 0 Å². The first kappa shape index (κ1) is 11.8. The summed E-state index contributed by atoms with van der Waals surface area (Å²) in [6.45, 7) is 4.87. The average Bonchev–Trinajstić information content (AvgIpc) is 2.22. The summed E-state index contributed by atoms with van der Waals surface area (Å²) in [5.41, 5.74) is 0. The molecule has 0 heterocycles. The van der Waals surface area contributed by atoms with Crippen LogP contribution in [0.25, 0.3) is 0 Å². The van der Waals surface area contributed by atoms with Crippen LogP contribution < -0.4 is 0 Å². The van der Waals surface area contributed by atoms with Gasteiger partial charge in [-0.05, 0) is 49.4 Å². The maximum absolute atomic E-state index is 6.30. The Morgan fingerprint density at radius 2 is 1.53 bits per heavy atom. The molecular weight excluding hydrogens is 204 g/mol. The van der Waals surface area contributed by atoms with Gasteiger partial charge in [-0.15, -0.1) is 11.6 Å². The van der Waals surface area contributed by atoms with Gasteiger partial charge in [-0.1, -0.05) is 33.1 Å². The minimum absolute atomic E-state index is 0.485. The molecule has 0 aliphatic heterocycles. The fraction of sp³-hybridized carbons (Fsp3) is 1.00. The molecule has 2 aliphatic rings. The van der Waals surface area contributed by atoms with E-state index < -0.39 is 0 Å². The highest BCUT2D eigenvalue weighted by Crippen LogP contribution is 2.42. The highest BCUT2D eigenvalue weighted by molar-refractivity contribution is 6.20. The first-order valence-corrected chi connectivity index (χ1v) is 7.24. The van der Waals surface area contributed by atoms with Crippen LogP contribution >= 0.6 is 11.6 Å². The van der Waals surface area contributed by atoms with E-state index in [1.807, 2.05) is 0 Å². The molecule has 2 rings (SSSR count). The molecule has 0 bridgehead atoms. The van der Waals surface area contributed by atoms with Gasteiger partial charge in [0.2, 0.25) is 0 Å². The maximum atomic E-state index is 6.30. The van der Waals surface area contributed by atoms with Crippen LogP contribution in [0.4, 0.5) is 0 Å². The Morgan fingerprint density at radius 1 is 0.800 bits per heavy atom. The molecule has 5 atom stereocenters. The van der Waals surface area contributed by atoms with Gasteiger partial charge in [0.1, 0.15) is 0 Å². The summed E-state index contributed by atoms with van der Waals surface area (Å²) in [5, 5.41) is 0.485. The van der Waals surface area contributed by atoms with E-state index in [2.05, 4.69) is 13.8 Å². The first-order chi connectivity index (χ1) is 7.16. The molecule has 0 spiro atoms. The van der Waals surface area contributed by atoms with Crippen molar-refractivity contribution in [2.45, 2.75) is 64.2 Å². The SMILES string of the molecule is CC1CCC(C2CCCC(Cl)C2)CC1C. The second kappa shape index (κ2) is 5.08. The zero-order valence-corrected chi connectivity index (χ0v) is 11.0. The molecule has 0 aromatic carbocycles. The van der Waals surface area contributed by atoms with Gasteiger partial charge in [0.25, 0.3) is 0 Å². The van der Waals surface area contributed by atoms with E-state index in [9.17, 15) is 0 Å². The predicted octanol–water partition coefficient (Wildman–Crippen LogP) is 4.86. The number of halogens is 1. The molecule has 2 aliphatic carbocycles. The molecule has 0 N–H and O–H groups in total. The minimum Gasteiger partial charge on any atom is -0.123 e. The van der Waals surface area contributed by atoms with E-state index in [-0.39, 0.29) is 0 Å². The van der Waals surface area contributed by atoms with Crippen LogP contribution in [0.1, 0.15) is 58.8 Å². The molecule has 0 aromatic rings. The third-order valence-electron chi connectivity index (χ3n) is 4.96. The smallest absolute Gasteiger partial charge is 0.0338 e. The second-order valence-corrected chi connectivity index (χ2v) is 6.67. The maximum Gasteiger partial charge on any atom is 0.0338 e. The van der Waals surface area contributed by atoms with Crippen molar-refractivity contribution in [3.8, 4) is 0 Å². The average molecular weight is 229 g/mol. The zero-order valence-electron chi connectivity index (χ0n) is 10.2. The third kappa shape index (κ3) is 2.90. The van der Waals surface area contributed by atoms with Crippen molar-refractivity contribution in [2.75, 3.05) is 0 Å². The number of hydrogen-bond acceptors (Lipinski definition) is 0. The highest BCUT2D eigenvalue weighted by Gasteiger charge is 2.32. The predicted molar refractivity (Wildman–Crippen MR) is 67.3 cm³/mol. The van der Waals surface area contributed by atoms with Gasteiger partial charge < -0.3 is 0 Å². The minimum atomic E-state index is 0.485. The summed E-state index contributed by atoms with van der Waals surface area (Å²) in [6.07, 6.45) is 9.78. The molecule has 15 heavy (non-hydrogen) atoms. The summed E-state index contributed by atoms with van der Waals surface area (Å²) in [4.78, 5) is 0. The highest BCUT2D eigenvalue weighted by atomic mass is 35.5. The van der Waals surface area contributed by atoms with Crippen molar-refractivity contribution < 1.29 is 0 Å². The van der Waals surface area contributed by atoms with Gasteiger partial charge in [0.05, 0.1) is 0 Å². The fourth-order valence-corrected chi connectivity index (χ4v) is 3.99. The lowest BCUT2D eigenvalue weighted by atomic mass is 9.68. The van der Waals surface area contributed by atoms with Gasteiger partial charge in [0, 0.05) is 5.38 Å². The fourth-order valence-electron chi connectivity index (χ4n) is 3.61. The van der Waals surface area contributed by atoms with Crippen LogP contribution in [0.3, 0.4) is 0 Å². The lowest BCUT2D eigenvalue weighted by molar-refractivity contribution is 0.132. The molecule has 2 fully saturated rings. The van der Waals surface area contributed by atoms with Gasteiger partial charge in [-0.25, -0.2) is 0 Å². The van der Waals surface area contributed by atoms with Crippen LogP contribution in [0, 0.1) is 23.7 Å². The summed E-state index contributed by atoms with van der Waals surface area (Å²) >= 11 is 6.30. The van der Waals surface area contributed by atoms with Crippen LogP contribution in [0.2, 0.25) is 0 Å².